The maximum atomic E-state index is 10.9. The lowest BCUT2D eigenvalue weighted by molar-refractivity contribution is -0.143. The molecule has 0 aromatic heterocycles. The Morgan fingerprint density at radius 3 is 2.73 bits per heavy atom. The number of carbonyl (C=O) groups is 1. The van der Waals surface area contributed by atoms with E-state index in [0.29, 0.717) is 6.42 Å². The molecule has 0 spiro atoms. The van der Waals surface area contributed by atoms with Gasteiger partial charge in [-0.3, -0.25) is 4.79 Å². The summed E-state index contributed by atoms with van der Waals surface area (Å²) in [7, 11) is 0. The zero-order valence-corrected chi connectivity index (χ0v) is 8.91. The monoisotopic (exact) mass is 206 g/mol. The molecule has 2 rings (SSSR count). The first kappa shape index (κ1) is 10.0. The third kappa shape index (κ3) is 1.69. The van der Waals surface area contributed by atoms with Crippen molar-refractivity contribution in [1.29, 1.82) is 0 Å². The molecule has 1 N–H and O–H groups in total. The fourth-order valence-electron chi connectivity index (χ4n) is 1.95. The van der Waals surface area contributed by atoms with E-state index in [1.165, 1.54) is 0 Å². The molecule has 1 aromatic rings. The van der Waals surface area contributed by atoms with Crippen molar-refractivity contribution >= 4 is 5.97 Å². The molecule has 0 radical (unpaired) electrons. The summed E-state index contributed by atoms with van der Waals surface area (Å²) < 4.78 is 5.53. The zero-order valence-electron chi connectivity index (χ0n) is 8.91. The Kier molecular flexibility index (Phi) is 2.39. The van der Waals surface area contributed by atoms with Crippen LogP contribution < -0.4 is 4.74 Å². The number of aryl methyl sites for hydroxylation is 2. The van der Waals surface area contributed by atoms with Crippen LogP contribution in [0, 0.1) is 19.8 Å². The second kappa shape index (κ2) is 3.57. The molecule has 1 aliphatic heterocycles. The standard InChI is InChI=1S/C12H14O3/c1-7-3-4-8(2)11-10(7)5-9(6-15-11)12(13)14/h3-4,9H,5-6H2,1-2H3,(H,13,14)/t9-/m1/s1. The summed E-state index contributed by atoms with van der Waals surface area (Å²) in [6.45, 7) is 4.26. The second-order valence-electron chi connectivity index (χ2n) is 4.06. The van der Waals surface area contributed by atoms with Crippen LogP contribution in [0.25, 0.3) is 0 Å². The molecule has 0 unspecified atom stereocenters. The van der Waals surface area contributed by atoms with E-state index in [9.17, 15) is 4.79 Å². The third-order valence-corrected chi connectivity index (χ3v) is 2.92. The van der Waals surface area contributed by atoms with Gasteiger partial charge in [0, 0.05) is 0 Å². The van der Waals surface area contributed by atoms with Gasteiger partial charge in [0.15, 0.2) is 0 Å². The number of carboxylic acid groups (broad SMARTS) is 1. The van der Waals surface area contributed by atoms with Crippen molar-refractivity contribution < 1.29 is 14.6 Å². The Morgan fingerprint density at radius 2 is 2.07 bits per heavy atom. The Labute approximate surface area is 88.7 Å². The van der Waals surface area contributed by atoms with Crippen molar-refractivity contribution in [2.45, 2.75) is 20.3 Å². The molecule has 0 fully saturated rings. The number of hydrogen-bond acceptors (Lipinski definition) is 2. The lowest BCUT2D eigenvalue weighted by Gasteiger charge is -2.25. The fourth-order valence-corrected chi connectivity index (χ4v) is 1.95. The first-order valence-corrected chi connectivity index (χ1v) is 5.04. The Hall–Kier alpha value is -1.51. The molecule has 0 saturated heterocycles. The molecule has 1 aliphatic rings. The second-order valence-corrected chi connectivity index (χ2v) is 4.06. The molecular formula is C12H14O3. The number of fused-ring (bicyclic) bond motifs is 1. The molecule has 1 atom stereocenters. The first-order valence-electron chi connectivity index (χ1n) is 5.04. The number of benzene rings is 1. The third-order valence-electron chi connectivity index (χ3n) is 2.92. The Bertz CT molecular complexity index is 410. The highest BCUT2D eigenvalue weighted by molar-refractivity contribution is 5.71. The van der Waals surface area contributed by atoms with Gasteiger partial charge in [-0.05, 0) is 37.0 Å². The van der Waals surface area contributed by atoms with Crippen molar-refractivity contribution in [2.24, 2.45) is 5.92 Å². The van der Waals surface area contributed by atoms with E-state index < -0.39 is 11.9 Å². The SMILES string of the molecule is Cc1ccc(C)c2c1C[C@@H](C(=O)O)CO2. The summed E-state index contributed by atoms with van der Waals surface area (Å²) in [5.41, 5.74) is 3.25. The van der Waals surface area contributed by atoms with Gasteiger partial charge >= 0.3 is 5.97 Å². The van der Waals surface area contributed by atoms with Crippen molar-refractivity contribution in [1.82, 2.24) is 0 Å². The molecular weight excluding hydrogens is 192 g/mol. The molecule has 0 bridgehead atoms. The van der Waals surface area contributed by atoms with Crippen LogP contribution in [0.3, 0.4) is 0 Å². The van der Waals surface area contributed by atoms with Crippen LogP contribution in [0.4, 0.5) is 0 Å². The number of rotatable bonds is 1. The van der Waals surface area contributed by atoms with Crippen LogP contribution in [0.1, 0.15) is 16.7 Å². The maximum absolute atomic E-state index is 10.9. The lowest BCUT2D eigenvalue weighted by Crippen LogP contribution is -2.28. The first-order chi connectivity index (χ1) is 7.09. The summed E-state index contributed by atoms with van der Waals surface area (Å²) in [5, 5.41) is 8.94. The van der Waals surface area contributed by atoms with Crippen molar-refractivity contribution in [2.75, 3.05) is 6.61 Å². The van der Waals surface area contributed by atoms with Crippen LogP contribution in [-0.2, 0) is 11.2 Å². The van der Waals surface area contributed by atoms with Crippen molar-refractivity contribution in [3.8, 4) is 5.75 Å². The summed E-state index contributed by atoms with van der Waals surface area (Å²) >= 11 is 0. The van der Waals surface area contributed by atoms with Crippen LogP contribution in [0.15, 0.2) is 12.1 Å². The number of carboxylic acids is 1. The highest BCUT2D eigenvalue weighted by atomic mass is 16.5. The molecule has 3 heteroatoms. The quantitative estimate of drug-likeness (QED) is 0.763. The van der Waals surface area contributed by atoms with Gasteiger partial charge in [-0.25, -0.2) is 0 Å². The minimum Gasteiger partial charge on any atom is -0.492 e. The molecule has 1 heterocycles. The van der Waals surface area contributed by atoms with Crippen molar-refractivity contribution in [3.05, 3.63) is 28.8 Å². The predicted octanol–water partition coefficient (Wildman–Crippen LogP) is 1.94. The van der Waals surface area contributed by atoms with Gasteiger partial charge < -0.3 is 9.84 Å². The molecule has 15 heavy (non-hydrogen) atoms. The van der Waals surface area contributed by atoms with Gasteiger partial charge in [0.25, 0.3) is 0 Å². The van der Waals surface area contributed by atoms with Gasteiger partial charge in [0.1, 0.15) is 12.4 Å². The highest BCUT2D eigenvalue weighted by Gasteiger charge is 2.27. The minimum atomic E-state index is -0.776. The fraction of sp³-hybridized carbons (Fsp3) is 0.417. The summed E-state index contributed by atoms with van der Waals surface area (Å²) in [6.07, 6.45) is 0.582. The van der Waals surface area contributed by atoms with E-state index in [4.69, 9.17) is 9.84 Å². The van der Waals surface area contributed by atoms with Gasteiger partial charge in [-0.2, -0.15) is 0 Å². The van der Waals surface area contributed by atoms with E-state index in [1.54, 1.807) is 0 Å². The molecule has 0 saturated carbocycles. The van der Waals surface area contributed by atoms with Gasteiger partial charge in [-0.15, -0.1) is 0 Å². The summed E-state index contributed by atoms with van der Waals surface area (Å²) in [5.74, 6) is -0.299. The van der Waals surface area contributed by atoms with Crippen LogP contribution in [0.2, 0.25) is 0 Å². The topological polar surface area (TPSA) is 46.5 Å². The molecule has 80 valence electrons. The van der Waals surface area contributed by atoms with E-state index in [2.05, 4.69) is 0 Å². The highest BCUT2D eigenvalue weighted by Crippen LogP contribution is 2.33. The van der Waals surface area contributed by atoms with E-state index in [0.717, 1.165) is 22.4 Å². The van der Waals surface area contributed by atoms with Gasteiger partial charge in [0.2, 0.25) is 0 Å². The average Bonchev–Trinajstić information content (AvgIpc) is 2.23. The molecule has 0 aliphatic carbocycles. The Morgan fingerprint density at radius 1 is 1.40 bits per heavy atom. The number of aliphatic carboxylic acids is 1. The predicted molar refractivity (Wildman–Crippen MR) is 56.2 cm³/mol. The van der Waals surface area contributed by atoms with Crippen LogP contribution >= 0.6 is 0 Å². The maximum Gasteiger partial charge on any atom is 0.310 e. The molecule has 1 aromatic carbocycles. The largest absolute Gasteiger partial charge is 0.492 e. The van der Waals surface area contributed by atoms with E-state index in [1.807, 2.05) is 26.0 Å². The number of ether oxygens (including phenoxy) is 1. The zero-order chi connectivity index (χ0) is 11.0. The Balaban J connectivity index is 2.41. The van der Waals surface area contributed by atoms with Gasteiger partial charge in [-0.1, -0.05) is 12.1 Å². The smallest absolute Gasteiger partial charge is 0.310 e. The van der Waals surface area contributed by atoms with Gasteiger partial charge in [0.05, 0.1) is 5.92 Å². The summed E-state index contributed by atoms with van der Waals surface area (Å²) in [4.78, 5) is 10.9. The normalized spacial score (nSPS) is 19.2. The summed E-state index contributed by atoms with van der Waals surface area (Å²) in [6, 6.07) is 4.02. The van der Waals surface area contributed by atoms with Crippen LogP contribution in [-0.4, -0.2) is 17.7 Å². The number of hydrogen-bond donors (Lipinski definition) is 1. The van der Waals surface area contributed by atoms with Crippen LogP contribution in [0.5, 0.6) is 5.75 Å². The van der Waals surface area contributed by atoms with E-state index in [-0.39, 0.29) is 6.61 Å². The van der Waals surface area contributed by atoms with E-state index >= 15 is 0 Å². The lowest BCUT2D eigenvalue weighted by atomic mass is 9.92. The molecule has 3 nitrogen and oxygen atoms in total. The average molecular weight is 206 g/mol. The minimum absolute atomic E-state index is 0.284. The molecule has 0 amide bonds. The van der Waals surface area contributed by atoms with Crippen molar-refractivity contribution in [3.63, 3.8) is 0 Å².